The van der Waals surface area contributed by atoms with Gasteiger partial charge in [0.1, 0.15) is 6.04 Å². The Morgan fingerprint density at radius 3 is 2.33 bits per heavy atom. The summed E-state index contributed by atoms with van der Waals surface area (Å²) >= 11 is 11.9. The van der Waals surface area contributed by atoms with E-state index < -0.39 is 22.0 Å². The summed E-state index contributed by atoms with van der Waals surface area (Å²) in [6.07, 6.45) is 1.28. The summed E-state index contributed by atoms with van der Waals surface area (Å²) in [5.74, 6) is -0.514. The monoisotopic (exact) mass is 425 g/mol. The van der Waals surface area contributed by atoms with Crippen molar-refractivity contribution in [1.29, 1.82) is 5.26 Å². The second-order valence-corrected chi connectivity index (χ2v) is 8.53. The lowest BCUT2D eigenvalue weighted by Crippen LogP contribution is -2.45. The maximum atomic E-state index is 12.6. The molecule has 1 amide bonds. The van der Waals surface area contributed by atoms with Crippen molar-refractivity contribution in [3.05, 3.63) is 58.1 Å². The lowest BCUT2D eigenvalue weighted by atomic mass is 10.1. The zero-order chi connectivity index (χ0) is 20.2. The van der Waals surface area contributed by atoms with Crippen LogP contribution in [-0.2, 0) is 21.2 Å². The highest BCUT2D eigenvalue weighted by atomic mass is 35.5. The van der Waals surface area contributed by atoms with E-state index in [1.807, 2.05) is 6.07 Å². The van der Waals surface area contributed by atoms with Gasteiger partial charge in [0.25, 0.3) is 0 Å². The summed E-state index contributed by atoms with van der Waals surface area (Å²) < 4.78 is 25.5. The molecule has 0 radical (unpaired) electrons. The molecule has 0 heterocycles. The third kappa shape index (κ3) is 5.36. The Morgan fingerprint density at radius 2 is 1.81 bits per heavy atom. The summed E-state index contributed by atoms with van der Waals surface area (Å²) in [7, 11) is -3.76. The molecule has 0 bridgehead atoms. The normalized spacial score (nSPS) is 12.1. The second-order valence-electron chi connectivity index (χ2n) is 5.85. The van der Waals surface area contributed by atoms with Gasteiger partial charge in [0.05, 0.1) is 34.5 Å². The molecule has 0 saturated carbocycles. The Labute approximate surface area is 168 Å². The molecule has 0 fully saturated rings. The number of hydrogen-bond donors (Lipinski definition) is 1. The molecule has 2 rings (SSSR count). The zero-order valence-electron chi connectivity index (χ0n) is 14.6. The largest absolute Gasteiger partial charge is 0.324 e. The van der Waals surface area contributed by atoms with Gasteiger partial charge in [-0.05, 0) is 42.8 Å². The number of nitrogens with one attached hydrogen (secondary N) is 1. The van der Waals surface area contributed by atoms with Gasteiger partial charge in [-0.15, -0.1) is 0 Å². The Morgan fingerprint density at radius 1 is 1.19 bits per heavy atom. The van der Waals surface area contributed by atoms with Crippen LogP contribution in [0.4, 0.5) is 11.4 Å². The fourth-order valence-corrected chi connectivity index (χ4v) is 3.93. The molecule has 142 valence electrons. The first-order valence-corrected chi connectivity index (χ1v) is 10.4. The molecule has 0 aliphatic heterocycles. The summed E-state index contributed by atoms with van der Waals surface area (Å²) in [6, 6.07) is 12.1. The predicted molar refractivity (Wildman–Crippen MR) is 108 cm³/mol. The van der Waals surface area contributed by atoms with Gasteiger partial charge in [-0.25, -0.2) is 8.42 Å². The van der Waals surface area contributed by atoms with Gasteiger partial charge >= 0.3 is 0 Å². The molecule has 0 aromatic heterocycles. The SMILES string of the molecule is C[C@H](C(=O)Nc1ccc(CC#N)cc1)N(c1ccc(Cl)c(Cl)c1)S(C)(=O)=O. The standard InChI is InChI=1S/C18H17Cl2N3O3S/c1-12(18(24)22-14-5-3-13(4-6-14)9-10-21)23(27(2,25)26)15-7-8-16(19)17(20)11-15/h3-8,11-12H,9H2,1-2H3,(H,22,24)/t12-/m1/s1. The van der Waals surface area contributed by atoms with Gasteiger partial charge in [-0.3, -0.25) is 9.10 Å². The number of carbonyl (C=O) groups is 1. The molecule has 2 aromatic rings. The minimum atomic E-state index is -3.76. The van der Waals surface area contributed by atoms with Gasteiger partial charge in [-0.2, -0.15) is 5.26 Å². The Kier molecular flexibility index (Phi) is 6.71. The van der Waals surface area contributed by atoms with Crippen molar-refractivity contribution in [3.8, 4) is 6.07 Å². The van der Waals surface area contributed by atoms with Gasteiger partial charge in [0.15, 0.2) is 0 Å². The minimum Gasteiger partial charge on any atom is -0.324 e. The Hall–Kier alpha value is -2.27. The average molecular weight is 426 g/mol. The summed E-state index contributed by atoms with van der Waals surface area (Å²) in [5.41, 5.74) is 1.55. The highest BCUT2D eigenvalue weighted by molar-refractivity contribution is 7.92. The number of anilines is 2. The third-order valence-corrected chi connectivity index (χ3v) is 5.73. The first-order chi connectivity index (χ1) is 12.6. The fraction of sp³-hybridized carbons (Fsp3) is 0.222. The summed E-state index contributed by atoms with van der Waals surface area (Å²) in [6.45, 7) is 1.48. The van der Waals surface area contributed by atoms with Crippen LogP contribution < -0.4 is 9.62 Å². The number of nitrogens with zero attached hydrogens (tertiary/aromatic N) is 2. The highest BCUT2D eigenvalue weighted by Gasteiger charge is 2.29. The quantitative estimate of drug-likeness (QED) is 0.760. The van der Waals surface area contributed by atoms with Crippen LogP contribution in [0.25, 0.3) is 0 Å². The van der Waals surface area contributed by atoms with E-state index in [-0.39, 0.29) is 22.2 Å². The first-order valence-electron chi connectivity index (χ1n) is 7.84. The molecule has 0 aliphatic carbocycles. The zero-order valence-corrected chi connectivity index (χ0v) is 16.9. The van der Waals surface area contributed by atoms with Crippen LogP contribution in [0.3, 0.4) is 0 Å². The number of sulfonamides is 1. The van der Waals surface area contributed by atoms with Crippen LogP contribution >= 0.6 is 23.2 Å². The molecule has 0 unspecified atom stereocenters. The van der Waals surface area contributed by atoms with E-state index in [1.165, 1.54) is 25.1 Å². The molecular formula is C18H17Cl2N3O3S. The van der Waals surface area contributed by atoms with Crippen molar-refractivity contribution >= 4 is 50.5 Å². The Balaban J connectivity index is 2.26. The Bertz CT molecular complexity index is 986. The number of amides is 1. The van der Waals surface area contributed by atoms with Crippen LogP contribution in [0.1, 0.15) is 12.5 Å². The van der Waals surface area contributed by atoms with E-state index in [0.29, 0.717) is 5.69 Å². The number of nitriles is 1. The fourth-order valence-electron chi connectivity index (χ4n) is 2.47. The molecule has 0 spiro atoms. The minimum absolute atomic E-state index is 0.184. The molecule has 1 atom stereocenters. The maximum absolute atomic E-state index is 12.6. The van der Waals surface area contributed by atoms with E-state index in [1.54, 1.807) is 24.3 Å². The highest BCUT2D eigenvalue weighted by Crippen LogP contribution is 2.29. The lowest BCUT2D eigenvalue weighted by molar-refractivity contribution is -0.116. The third-order valence-electron chi connectivity index (χ3n) is 3.75. The predicted octanol–water partition coefficient (Wildman–Crippen LogP) is 3.85. The topological polar surface area (TPSA) is 90.3 Å². The van der Waals surface area contributed by atoms with Crippen molar-refractivity contribution in [3.63, 3.8) is 0 Å². The van der Waals surface area contributed by atoms with Crippen molar-refractivity contribution < 1.29 is 13.2 Å². The number of hydrogen-bond acceptors (Lipinski definition) is 4. The van der Waals surface area contributed by atoms with Gasteiger partial charge in [-0.1, -0.05) is 35.3 Å². The lowest BCUT2D eigenvalue weighted by Gasteiger charge is -2.28. The van der Waals surface area contributed by atoms with Crippen molar-refractivity contribution in [2.45, 2.75) is 19.4 Å². The van der Waals surface area contributed by atoms with Crippen LogP contribution in [0.15, 0.2) is 42.5 Å². The van der Waals surface area contributed by atoms with E-state index in [9.17, 15) is 13.2 Å². The second kappa shape index (κ2) is 8.61. The van der Waals surface area contributed by atoms with Gasteiger partial charge in [0, 0.05) is 5.69 Å². The van der Waals surface area contributed by atoms with E-state index in [2.05, 4.69) is 5.32 Å². The number of halogens is 2. The summed E-state index contributed by atoms with van der Waals surface area (Å²) in [4.78, 5) is 12.6. The molecule has 2 aromatic carbocycles. The van der Waals surface area contributed by atoms with Crippen molar-refractivity contribution in [2.75, 3.05) is 15.9 Å². The molecule has 1 N–H and O–H groups in total. The molecular weight excluding hydrogens is 409 g/mol. The van der Waals surface area contributed by atoms with Crippen molar-refractivity contribution in [2.24, 2.45) is 0 Å². The van der Waals surface area contributed by atoms with Crippen LogP contribution in [-0.4, -0.2) is 26.6 Å². The molecule has 27 heavy (non-hydrogen) atoms. The van der Waals surface area contributed by atoms with Crippen molar-refractivity contribution in [1.82, 2.24) is 0 Å². The van der Waals surface area contributed by atoms with E-state index in [4.69, 9.17) is 28.5 Å². The molecule has 6 nitrogen and oxygen atoms in total. The number of rotatable bonds is 6. The van der Waals surface area contributed by atoms with Gasteiger partial charge in [0.2, 0.25) is 15.9 Å². The van der Waals surface area contributed by atoms with Crippen LogP contribution in [0.2, 0.25) is 10.0 Å². The number of carbonyl (C=O) groups excluding carboxylic acids is 1. The smallest absolute Gasteiger partial charge is 0.247 e. The number of benzene rings is 2. The molecule has 0 aliphatic rings. The van der Waals surface area contributed by atoms with E-state index >= 15 is 0 Å². The van der Waals surface area contributed by atoms with Crippen LogP contribution in [0, 0.1) is 11.3 Å². The first kappa shape index (κ1) is 21.0. The average Bonchev–Trinajstić information content (AvgIpc) is 2.59. The van der Waals surface area contributed by atoms with Gasteiger partial charge < -0.3 is 5.32 Å². The summed E-state index contributed by atoms with van der Waals surface area (Å²) in [5, 5.41) is 11.8. The molecule has 9 heteroatoms. The molecule has 0 saturated heterocycles. The van der Waals surface area contributed by atoms with E-state index in [0.717, 1.165) is 16.1 Å². The maximum Gasteiger partial charge on any atom is 0.247 e. The van der Waals surface area contributed by atoms with Crippen LogP contribution in [0.5, 0.6) is 0 Å².